The number of para-hydroxylation sites is 1. The molecule has 28 heavy (non-hydrogen) atoms. The first-order valence-corrected chi connectivity index (χ1v) is 9.22. The molecule has 0 aliphatic heterocycles. The van der Waals surface area contributed by atoms with E-state index in [0.29, 0.717) is 24.8 Å². The van der Waals surface area contributed by atoms with Crippen molar-refractivity contribution >= 4 is 11.6 Å². The van der Waals surface area contributed by atoms with Crippen molar-refractivity contribution in [3.63, 3.8) is 0 Å². The van der Waals surface area contributed by atoms with E-state index in [1.807, 2.05) is 41.1 Å². The quantitative estimate of drug-likeness (QED) is 0.533. The number of hydrogen-bond donors (Lipinski definition) is 1. The van der Waals surface area contributed by atoms with Crippen molar-refractivity contribution in [3.8, 4) is 5.69 Å². The van der Waals surface area contributed by atoms with Gasteiger partial charge in [0, 0.05) is 31.5 Å². The highest BCUT2D eigenvalue weighted by Gasteiger charge is 2.14. The monoisotopic (exact) mass is 377 g/mol. The van der Waals surface area contributed by atoms with Gasteiger partial charge in [0.2, 0.25) is 0 Å². The molecular weight excluding hydrogens is 354 g/mol. The molecule has 0 spiro atoms. The van der Waals surface area contributed by atoms with Gasteiger partial charge in [-0.1, -0.05) is 32.0 Å². The van der Waals surface area contributed by atoms with Crippen molar-refractivity contribution in [1.29, 1.82) is 0 Å². The van der Waals surface area contributed by atoms with Crippen molar-refractivity contribution in [1.82, 2.24) is 29.4 Å². The average Bonchev–Trinajstić information content (AvgIpc) is 3.34. The summed E-state index contributed by atoms with van der Waals surface area (Å²) in [7, 11) is 1.65. The molecule has 0 atom stereocenters. The van der Waals surface area contributed by atoms with Crippen LogP contribution >= 0.6 is 0 Å². The van der Waals surface area contributed by atoms with Gasteiger partial charge in [-0.05, 0) is 18.1 Å². The third kappa shape index (κ3) is 3.59. The standard InChI is InChI=1S/C20H23N7O/c1-14(2)19-15(11-26(25-19)17-7-5-4-6-8-17)10-21-18-9-16(12-28-3)24-20-22-13-23-27(18)20/h4-9,11,13-14,21H,10,12H2,1-3H3. The van der Waals surface area contributed by atoms with E-state index >= 15 is 0 Å². The second kappa shape index (κ2) is 7.77. The molecule has 3 heterocycles. The summed E-state index contributed by atoms with van der Waals surface area (Å²) in [6.07, 6.45) is 3.57. The van der Waals surface area contributed by atoms with Crippen LogP contribution in [-0.4, -0.2) is 36.5 Å². The molecule has 0 saturated carbocycles. The zero-order chi connectivity index (χ0) is 19.5. The van der Waals surface area contributed by atoms with Gasteiger partial charge in [0.1, 0.15) is 12.1 Å². The molecule has 1 N–H and O–H groups in total. The highest BCUT2D eigenvalue weighted by molar-refractivity contribution is 5.46. The number of ether oxygens (including phenoxy) is 1. The predicted molar refractivity (Wildman–Crippen MR) is 106 cm³/mol. The molecule has 4 rings (SSSR count). The lowest BCUT2D eigenvalue weighted by atomic mass is 10.1. The second-order valence-electron chi connectivity index (χ2n) is 6.87. The molecule has 1 aromatic carbocycles. The van der Waals surface area contributed by atoms with Crippen molar-refractivity contribution in [2.24, 2.45) is 0 Å². The number of fused-ring (bicyclic) bond motifs is 1. The number of rotatable bonds is 7. The molecule has 0 amide bonds. The van der Waals surface area contributed by atoms with Crippen LogP contribution in [0.3, 0.4) is 0 Å². The van der Waals surface area contributed by atoms with Gasteiger partial charge in [-0.3, -0.25) is 0 Å². The Labute approximate surface area is 163 Å². The SMILES string of the molecule is COCc1cc(NCc2cn(-c3ccccc3)nc2C(C)C)n2ncnc2n1. The smallest absolute Gasteiger partial charge is 0.254 e. The summed E-state index contributed by atoms with van der Waals surface area (Å²) >= 11 is 0. The molecule has 0 saturated heterocycles. The van der Waals surface area contributed by atoms with Gasteiger partial charge in [-0.2, -0.15) is 19.7 Å². The van der Waals surface area contributed by atoms with Gasteiger partial charge in [0.05, 0.1) is 23.7 Å². The first-order chi connectivity index (χ1) is 13.7. The minimum absolute atomic E-state index is 0.314. The third-order valence-corrected chi connectivity index (χ3v) is 4.45. The molecule has 8 heteroatoms. The predicted octanol–water partition coefficient (Wildman–Crippen LogP) is 3.19. The molecule has 0 bridgehead atoms. The molecule has 144 valence electrons. The fraction of sp³-hybridized carbons (Fsp3) is 0.300. The Morgan fingerprint density at radius 1 is 1.18 bits per heavy atom. The maximum atomic E-state index is 5.21. The number of anilines is 1. The number of methoxy groups -OCH3 is 1. The normalized spacial score (nSPS) is 11.4. The Balaban J connectivity index is 1.64. The zero-order valence-electron chi connectivity index (χ0n) is 16.2. The molecule has 0 fully saturated rings. The fourth-order valence-electron chi connectivity index (χ4n) is 3.15. The molecule has 0 unspecified atom stereocenters. The van der Waals surface area contributed by atoms with Gasteiger partial charge in [0.25, 0.3) is 5.78 Å². The van der Waals surface area contributed by atoms with Crippen molar-refractivity contribution < 1.29 is 4.74 Å². The van der Waals surface area contributed by atoms with Gasteiger partial charge >= 0.3 is 0 Å². The maximum absolute atomic E-state index is 5.21. The van der Waals surface area contributed by atoms with Gasteiger partial charge < -0.3 is 10.1 Å². The number of nitrogens with one attached hydrogen (secondary N) is 1. The van der Waals surface area contributed by atoms with E-state index in [0.717, 1.165) is 28.5 Å². The van der Waals surface area contributed by atoms with Crippen LogP contribution < -0.4 is 5.32 Å². The van der Waals surface area contributed by atoms with Crippen LogP contribution in [0.5, 0.6) is 0 Å². The van der Waals surface area contributed by atoms with E-state index in [2.05, 4.69) is 40.4 Å². The van der Waals surface area contributed by atoms with Gasteiger partial charge in [-0.25, -0.2) is 9.67 Å². The van der Waals surface area contributed by atoms with Crippen molar-refractivity contribution in [3.05, 3.63) is 65.9 Å². The molecule has 0 aliphatic carbocycles. The van der Waals surface area contributed by atoms with Crippen LogP contribution in [0.2, 0.25) is 0 Å². The molecule has 0 aliphatic rings. The summed E-state index contributed by atoms with van der Waals surface area (Å²) in [5.74, 6) is 1.67. The molecule has 4 aromatic rings. The Morgan fingerprint density at radius 2 is 2.00 bits per heavy atom. The lowest BCUT2D eigenvalue weighted by Crippen LogP contribution is -2.09. The van der Waals surface area contributed by atoms with Crippen LogP contribution in [0, 0.1) is 0 Å². The number of aromatic nitrogens is 6. The van der Waals surface area contributed by atoms with Gasteiger partial charge in [-0.15, -0.1) is 0 Å². The van der Waals surface area contributed by atoms with E-state index in [1.165, 1.54) is 6.33 Å². The Morgan fingerprint density at radius 3 is 2.75 bits per heavy atom. The Kier molecular flexibility index (Phi) is 5.03. The zero-order valence-corrected chi connectivity index (χ0v) is 16.2. The van der Waals surface area contributed by atoms with Crippen LogP contribution in [0.25, 0.3) is 11.5 Å². The highest BCUT2D eigenvalue weighted by atomic mass is 16.5. The first-order valence-electron chi connectivity index (χ1n) is 9.22. The van der Waals surface area contributed by atoms with Crippen LogP contribution in [0.15, 0.2) is 48.9 Å². The maximum Gasteiger partial charge on any atom is 0.254 e. The minimum Gasteiger partial charge on any atom is -0.378 e. The number of hydrogen-bond acceptors (Lipinski definition) is 6. The number of nitrogens with zero attached hydrogens (tertiary/aromatic N) is 6. The van der Waals surface area contributed by atoms with Crippen LogP contribution in [-0.2, 0) is 17.9 Å². The molecular formula is C20H23N7O. The first kappa shape index (κ1) is 18.1. The van der Waals surface area contributed by atoms with E-state index in [1.54, 1.807) is 11.6 Å². The Bertz CT molecular complexity index is 1070. The molecule has 0 radical (unpaired) electrons. The summed E-state index contributed by atoms with van der Waals surface area (Å²) < 4.78 is 8.83. The topological polar surface area (TPSA) is 82.2 Å². The summed E-state index contributed by atoms with van der Waals surface area (Å²) in [4.78, 5) is 8.63. The van der Waals surface area contributed by atoms with Crippen LogP contribution in [0.4, 0.5) is 5.82 Å². The van der Waals surface area contributed by atoms with Crippen molar-refractivity contribution in [2.75, 3.05) is 12.4 Å². The Hall–Kier alpha value is -3.26. The summed E-state index contributed by atoms with van der Waals surface area (Å²) in [5.41, 5.74) is 4.05. The highest BCUT2D eigenvalue weighted by Crippen LogP contribution is 2.21. The lowest BCUT2D eigenvalue weighted by Gasteiger charge is -2.10. The number of benzene rings is 1. The molecule has 3 aromatic heterocycles. The summed E-state index contributed by atoms with van der Waals surface area (Å²) in [6.45, 7) is 5.34. The van der Waals surface area contributed by atoms with Crippen molar-refractivity contribution in [2.45, 2.75) is 32.9 Å². The van der Waals surface area contributed by atoms with E-state index < -0.39 is 0 Å². The van der Waals surface area contributed by atoms with Crippen LogP contribution in [0.1, 0.15) is 36.7 Å². The van der Waals surface area contributed by atoms with E-state index in [-0.39, 0.29) is 0 Å². The fourth-order valence-corrected chi connectivity index (χ4v) is 3.15. The van der Waals surface area contributed by atoms with E-state index in [9.17, 15) is 0 Å². The summed E-state index contributed by atoms with van der Waals surface area (Å²) in [5, 5.41) is 12.5. The third-order valence-electron chi connectivity index (χ3n) is 4.45. The molecule has 8 nitrogen and oxygen atoms in total. The second-order valence-corrected chi connectivity index (χ2v) is 6.87. The minimum atomic E-state index is 0.314. The largest absolute Gasteiger partial charge is 0.378 e. The van der Waals surface area contributed by atoms with E-state index in [4.69, 9.17) is 9.84 Å². The summed E-state index contributed by atoms with van der Waals surface area (Å²) in [6, 6.07) is 12.1. The average molecular weight is 377 g/mol. The lowest BCUT2D eigenvalue weighted by molar-refractivity contribution is 0.181. The van der Waals surface area contributed by atoms with Gasteiger partial charge in [0.15, 0.2) is 0 Å².